The van der Waals surface area contributed by atoms with Crippen LogP contribution in [0.1, 0.15) is 12.0 Å². The Balaban J connectivity index is 2.10. The lowest BCUT2D eigenvalue weighted by atomic mass is 9.86. The molecule has 3 rings (SSSR count). The van der Waals surface area contributed by atoms with Crippen LogP contribution >= 0.6 is 11.8 Å². The maximum absolute atomic E-state index is 12.3. The van der Waals surface area contributed by atoms with Gasteiger partial charge in [-0.3, -0.25) is 10.1 Å². The Morgan fingerprint density at radius 3 is 2.52 bits per heavy atom. The van der Waals surface area contributed by atoms with E-state index in [2.05, 4.69) is 10.6 Å². The van der Waals surface area contributed by atoms with Crippen molar-refractivity contribution in [3.05, 3.63) is 48.0 Å². The second kappa shape index (κ2) is 5.41. The van der Waals surface area contributed by atoms with Gasteiger partial charge in [-0.05, 0) is 40.8 Å². The average Bonchev–Trinajstić information content (AvgIpc) is 2.79. The molecule has 2 N–H and O–H groups in total. The lowest BCUT2D eigenvalue weighted by molar-refractivity contribution is -0.124. The standard InChI is InChI=1S/C16H16N2O2S/c1-21-9-8-16(14(19)17-15(20)18-16)13-7-6-11-4-2-3-5-12(11)10-13/h2-7,10H,8-9H2,1H3,(H2,17,18,19,20). The van der Waals surface area contributed by atoms with Crippen molar-refractivity contribution in [2.24, 2.45) is 0 Å². The van der Waals surface area contributed by atoms with Crippen LogP contribution in [0.5, 0.6) is 0 Å². The van der Waals surface area contributed by atoms with Crippen LogP contribution in [0.25, 0.3) is 10.8 Å². The fourth-order valence-electron chi connectivity index (χ4n) is 2.73. The van der Waals surface area contributed by atoms with E-state index in [1.54, 1.807) is 11.8 Å². The van der Waals surface area contributed by atoms with Gasteiger partial charge in [-0.25, -0.2) is 4.79 Å². The normalized spacial score (nSPS) is 21.4. The highest BCUT2D eigenvalue weighted by atomic mass is 32.2. The Hall–Kier alpha value is -2.01. The first-order valence-electron chi connectivity index (χ1n) is 6.77. The number of amides is 3. The van der Waals surface area contributed by atoms with E-state index in [1.807, 2.05) is 48.7 Å². The Labute approximate surface area is 127 Å². The molecule has 4 nitrogen and oxygen atoms in total. The molecule has 21 heavy (non-hydrogen) atoms. The van der Waals surface area contributed by atoms with Crippen molar-refractivity contribution < 1.29 is 9.59 Å². The van der Waals surface area contributed by atoms with Gasteiger partial charge >= 0.3 is 6.03 Å². The van der Waals surface area contributed by atoms with Crippen LogP contribution in [0.4, 0.5) is 4.79 Å². The van der Waals surface area contributed by atoms with E-state index in [0.29, 0.717) is 6.42 Å². The largest absolute Gasteiger partial charge is 0.322 e. The predicted molar refractivity (Wildman–Crippen MR) is 85.3 cm³/mol. The first-order chi connectivity index (χ1) is 10.2. The number of nitrogens with one attached hydrogen (secondary N) is 2. The Bertz CT molecular complexity index is 716. The summed E-state index contributed by atoms with van der Waals surface area (Å²) in [5, 5.41) is 7.36. The zero-order valence-corrected chi connectivity index (χ0v) is 12.5. The first-order valence-corrected chi connectivity index (χ1v) is 8.17. The van der Waals surface area contributed by atoms with Crippen LogP contribution < -0.4 is 10.6 Å². The maximum Gasteiger partial charge on any atom is 0.322 e. The minimum atomic E-state index is -0.954. The molecule has 0 aliphatic carbocycles. The molecule has 0 radical (unpaired) electrons. The van der Waals surface area contributed by atoms with Crippen LogP contribution in [0, 0.1) is 0 Å². The third kappa shape index (κ3) is 2.38. The molecule has 0 saturated carbocycles. The van der Waals surface area contributed by atoms with Gasteiger partial charge in [0.05, 0.1) is 0 Å². The monoisotopic (exact) mass is 300 g/mol. The van der Waals surface area contributed by atoms with Gasteiger partial charge < -0.3 is 5.32 Å². The Morgan fingerprint density at radius 2 is 1.86 bits per heavy atom. The Kier molecular flexibility index (Phi) is 3.59. The fourth-order valence-corrected chi connectivity index (χ4v) is 3.24. The summed E-state index contributed by atoms with van der Waals surface area (Å²) in [5.41, 5.74) is -0.122. The molecular weight excluding hydrogens is 284 g/mol. The zero-order chi connectivity index (χ0) is 14.9. The molecule has 1 heterocycles. The number of rotatable bonds is 4. The summed E-state index contributed by atoms with van der Waals surface area (Å²) in [6.45, 7) is 0. The molecule has 108 valence electrons. The van der Waals surface area contributed by atoms with E-state index >= 15 is 0 Å². The maximum atomic E-state index is 12.3. The van der Waals surface area contributed by atoms with Crippen molar-refractivity contribution in [2.75, 3.05) is 12.0 Å². The smallest absolute Gasteiger partial charge is 0.319 e. The second-order valence-corrected chi connectivity index (χ2v) is 6.10. The molecule has 0 spiro atoms. The lowest BCUT2D eigenvalue weighted by Gasteiger charge is -2.26. The number of carbonyl (C=O) groups is 2. The minimum absolute atomic E-state index is 0.267. The molecule has 1 fully saturated rings. The number of fused-ring (bicyclic) bond motifs is 1. The number of thioether (sulfide) groups is 1. The molecule has 2 aromatic carbocycles. The molecule has 1 unspecified atom stereocenters. The molecule has 1 aliphatic heterocycles. The van der Waals surface area contributed by atoms with Crippen LogP contribution in [-0.2, 0) is 10.3 Å². The van der Waals surface area contributed by atoms with Crippen molar-refractivity contribution >= 4 is 34.5 Å². The van der Waals surface area contributed by atoms with Crippen LogP contribution in [0.15, 0.2) is 42.5 Å². The van der Waals surface area contributed by atoms with Crippen molar-refractivity contribution in [2.45, 2.75) is 12.0 Å². The van der Waals surface area contributed by atoms with E-state index in [-0.39, 0.29) is 5.91 Å². The van der Waals surface area contributed by atoms with E-state index in [9.17, 15) is 9.59 Å². The summed E-state index contributed by atoms with van der Waals surface area (Å²) in [7, 11) is 0. The molecule has 0 aromatic heterocycles. The quantitative estimate of drug-likeness (QED) is 0.853. The summed E-state index contributed by atoms with van der Waals surface area (Å²) in [6, 6.07) is 13.5. The number of carbonyl (C=O) groups excluding carboxylic acids is 2. The minimum Gasteiger partial charge on any atom is -0.319 e. The number of hydrogen-bond acceptors (Lipinski definition) is 3. The summed E-state index contributed by atoms with van der Waals surface area (Å²) < 4.78 is 0. The average molecular weight is 300 g/mol. The van der Waals surface area contributed by atoms with E-state index < -0.39 is 11.6 Å². The van der Waals surface area contributed by atoms with Gasteiger partial charge in [0.15, 0.2) is 0 Å². The van der Waals surface area contributed by atoms with Gasteiger partial charge in [0.25, 0.3) is 5.91 Å². The molecule has 1 aliphatic rings. The number of benzene rings is 2. The lowest BCUT2D eigenvalue weighted by Crippen LogP contribution is -2.44. The van der Waals surface area contributed by atoms with Gasteiger partial charge in [-0.2, -0.15) is 11.8 Å². The fraction of sp³-hybridized carbons (Fsp3) is 0.250. The van der Waals surface area contributed by atoms with Gasteiger partial charge in [-0.15, -0.1) is 0 Å². The molecule has 1 atom stereocenters. The summed E-state index contributed by atoms with van der Waals surface area (Å²) in [4.78, 5) is 24.0. The first kappa shape index (κ1) is 13.9. The zero-order valence-electron chi connectivity index (χ0n) is 11.7. The summed E-state index contributed by atoms with van der Waals surface area (Å²) in [5.74, 6) is 0.525. The Morgan fingerprint density at radius 1 is 1.10 bits per heavy atom. The van der Waals surface area contributed by atoms with E-state index in [0.717, 1.165) is 22.1 Å². The van der Waals surface area contributed by atoms with Gasteiger partial charge in [0.1, 0.15) is 5.54 Å². The van der Waals surface area contributed by atoms with Crippen molar-refractivity contribution in [3.8, 4) is 0 Å². The third-order valence-electron chi connectivity index (χ3n) is 3.87. The highest BCUT2D eigenvalue weighted by Crippen LogP contribution is 2.32. The molecule has 0 bridgehead atoms. The topological polar surface area (TPSA) is 58.2 Å². The molecule has 1 saturated heterocycles. The highest BCUT2D eigenvalue weighted by Gasteiger charge is 2.47. The number of hydrogen-bond donors (Lipinski definition) is 2. The highest BCUT2D eigenvalue weighted by molar-refractivity contribution is 7.98. The summed E-state index contributed by atoms with van der Waals surface area (Å²) >= 11 is 1.66. The van der Waals surface area contributed by atoms with Gasteiger partial charge in [0.2, 0.25) is 0 Å². The van der Waals surface area contributed by atoms with Gasteiger partial charge in [0, 0.05) is 0 Å². The van der Waals surface area contributed by atoms with Crippen molar-refractivity contribution in [3.63, 3.8) is 0 Å². The second-order valence-electron chi connectivity index (χ2n) is 5.12. The van der Waals surface area contributed by atoms with Crippen LogP contribution in [0.3, 0.4) is 0 Å². The molecule has 5 heteroatoms. The third-order valence-corrected chi connectivity index (χ3v) is 4.48. The van der Waals surface area contributed by atoms with E-state index in [4.69, 9.17) is 0 Å². The van der Waals surface area contributed by atoms with Crippen LogP contribution in [-0.4, -0.2) is 23.9 Å². The van der Waals surface area contributed by atoms with Gasteiger partial charge in [-0.1, -0.05) is 36.4 Å². The van der Waals surface area contributed by atoms with Crippen LogP contribution in [0.2, 0.25) is 0 Å². The SMILES string of the molecule is CSCCC1(c2ccc3ccccc3c2)NC(=O)NC1=O. The molecule has 3 amide bonds. The summed E-state index contributed by atoms with van der Waals surface area (Å²) in [6.07, 6.45) is 2.56. The van der Waals surface area contributed by atoms with Crippen molar-refractivity contribution in [1.29, 1.82) is 0 Å². The predicted octanol–water partition coefficient (Wildman–Crippen LogP) is 2.63. The number of urea groups is 1. The molecular formula is C16H16N2O2S. The van der Waals surface area contributed by atoms with E-state index in [1.165, 1.54) is 0 Å². The number of imide groups is 1. The van der Waals surface area contributed by atoms with Crippen molar-refractivity contribution in [1.82, 2.24) is 10.6 Å². The molecule has 2 aromatic rings.